The summed E-state index contributed by atoms with van der Waals surface area (Å²) in [5, 5.41) is 0. The van der Waals surface area contributed by atoms with Crippen molar-refractivity contribution in [3.05, 3.63) is 71.8 Å². The highest BCUT2D eigenvalue weighted by molar-refractivity contribution is 5.55. The van der Waals surface area contributed by atoms with E-state index in [1.54, 1.807) is 0 Å². The minimum Gasteiger partial charge on any atom is -0.377 e. The molecule has 0 amide bonds. The molecule has 0 heterocycles. The highest BCUT2D eigenvalue weighted by atomic mass is 16.5. The number of benzene rings is 2. The lowest BCUT2D eigenvalue weighted by atomic mass is 10.2. The maximum atomic E-state index is 11.0. The van der Waals surface area contributed by atoms with Crippen molar-refractivity contribution in [3.63, 3.8) is 0 Å². The molecular formula is C18H20O3. The average Bonchev–Trinajstić information content (AvgIpc) is 2.56. The molecule has 0 radical (unpaired) electrons. The van der Waals surface area contributed by atoms with E-state index in [9.17, 15) is 4.79 Å². The van der Waals surface area contributed by atoms with Gasteiger partial charge >= 0.3 is 0 Å². The van der Waals surface area contributed by atoms with Gasteiger partial charge in [0.15, 0.2) is 0 Å². The van der Waals surface area contributed by atoms with E-state index in [0.29, 0.717) is 26.2 Å². The summed E-state index contributed by atoms with van der Waals surface area (Å²) in [5.74, 6) is 0. The maximum Gasteiger partial charge on any atom is 0.148 e. The van der Waals surface area contributed by atoms with Crippen LogP contribution in [0.4, 0.5) is 0 Å². The van der Waals surface area contributed by atoms with E-state index in [0.717, 1.165) is 17.4 Å². The van der Waals surface area contributed by atoms with Crippen LogP contribution >= 0.6 is 0 Å². The van der Waals surface area contributed by atoms with Crippen molar-refractivity contribution < 1.29 is 14.3 Å². The molecule has 0 unspecified atom stereocenters. The van der Waals surface area contributed by atoms with Gasteiger partial charge in [0.1, 0.15) is 12.4 Å². The normalized spacial score (nSPS) is 12.0. The summed E-state index contributed by atoms with van der Waals surface area (Å²) in [7, 11) is 0. The van der Waals surface area contributed by atoms with Gasteiger partial charge < -0.3 is 14.3 Å². The molecular weight excluding hydrogens is 264 g/mol. The van der Waals surface area contributed by atoms with E-state index in [1.807, 2.05) is 60.7 Å². The van der Waals surface area contributed by atoms with Crippen molar-refractivity contribution in [1.29, 1.82) is 0 Å². The van der Waals surface area contributed by atoms with Crippen LogP contribution in [0.3, 0.4) is 0 Å². The van der Waals surface area contributed by atoms with Crippen LogP contribution in [0.15, 0.2) is 60.7 Å². The quantitative estimate of drug-likeness (QED) is 0.523. The predicted molar refractivity (Wildman–Crippen MR) is 81.8 cm³/mol. The Balaban J connectivity index is 1.64. The second kappa shape index (κ2) is 9.06. The van der Waals surface area contributed by atoms with E-state index in [1.165, 1.54) is 0 Å². The van der Waals surface area contributed by atoms with Crippen molar-refractivity contribution in [2.24, 2.45) is 0 Å². The SMILES string of the molecule is O=C[C@H](CCOCc1ccccc1)OCc1ccccc1. The zero-order valence-electron chi connectivity index (χ0n) is 12.0. The molecule has 2 aromatic carbocycles. The van der Waals surface area contributed by atoms with Gasteiger partial charge in [-0.15, -0.1) is 0 Å². The second-order valence-corrected chi connectivity index (χ2v) is 4.80. The van der Waals surface area contributed by atoms with E-state index >= 15 is 0 Å². The number of carbonyl (C=O) groups excluding carboxylic acids is 1. The van der Waals surface area contributed by atoms with Crippen molar-refractivity contribution in [3.8, 4) is 0 Å². The molecule has 0 spiro atoms. The van der Waals surface area contributed by atoms with Gasteiger partial charge in [-0.2, -0.15) is 0 Å². The molecule has 0 saturated heterocycles. The Labute approximate surface area is 125 Å². The Bertz CT molecular complexity index is 511. The molecule has 0 aliphatic carbocycles. The topological polar surface area (TPSA) is 35.5 Å². The predicted octanol–water partition coefficient (Wildman–Crippen LogP) is 3.38. The highest BCUT2D eigenvalue weighted by Crippen LogP contribution is 2.06. The average molecular weight is 284 g/mol. The Hall–Kier alpha value is -1.97. The van der Waals surface area contributed by atoms with Crippen LogP contribution < -0.4 is 0 Å². The summed E-state index contributed by atoms with van der Waals surface area (Å²) in [5.41, 5.74) is 2.19. The Morgan fingerprint density at radius 1 is 0.857 bits per heavy atom. The van der Waals surface area contributed by atoms with Crippen LogP contribution in [0.2, 0.25) is 0 Å². The molecule has 2 rings (SSSR count). The van der Waals surface area contributed by atoms with Crippen LogP contribution in [0.1, 0.15) is 17.5 Å². The van der Waals surface area contributed by atoms with E-state index < -0.39 is 6.10 Å². The van der Waals surface area contributed by atoms with Crippen LogP contribution in [-0.2, 0) is 27.5 Å². The molecule has 0 aromatic heterocycles. The van der Waals surface area contributed by atoms with Crippen LogP contribution in [0, 0.1) is 0 Å². The summed E-state index contributed by atoms with van der Waals surface area (Å²) in [6, 6.07) is 19.8. The first-order valence-corrected chi connectivity index (χ1v) is 7.11. The van der Waals surface area contributed by atoms with Crippen molar-refractivity contribution in [2.75, 3.05) is 6.61 Å². The first-order valence-electron chi connectivity index (χ1n) is 7.11. The maximum absolute atomic E-state index is 11.0. The summed E-state index contributed by atoms with van der Waals surface area (Å²) in [4.78, 5) is 11.0. The first kappa shape index (κ1) is 15.4. The number of rotatable bonds is 9. The minimum absolute atomic E-state index is 0.416. The van der Waals surface area contributed by atoms with Crippen molar-refractivity contribution >= 4 is 6.29 Å². The zero-order chi connectivity index (χ0) is 14.8. The smallest absolute Gasteiger partial charge is 0.148 e. The first-order chi connectivity index (χ1) is 10.4. The van der Waals surface area contributed by atoms with Gasteiger partial charge in [0.25, 0.3) is 0 Å². The summed E-state index contributed by atoms with van der Waals surface area (Å²) >= 11 is 0. The van der Waals surface area contributed by atoms with Gasteiger partial charge in [-0.05, 0) is 11.1 Å². The van der Waals surface area contributed by atoms with Gasteiger partial charge in [-0.3, -0.25) is 0 Å². The lowest BCUT2D eigenvalue weighted by Crippen LogP contribution is -2.17. The van der Waals surface area contributed by atoms with Gasteiger partial charge in [-0.25, -0.2) is 0 Å². The van der Waals surface area contributed by atoms with E-state index in [2.05, 4.69) is 0 Å². The summed E-state index contributed by atoms with van der Waals surface area (Å²) in [6.07, 6.45) is 0.999. The molecule has 21 heavy (non-hydrogen) atoms. The Morgan fingerprint density at radius 3 is 2.00 bits per heavy atom. The molecule has 1 atom stereocenters. The molecule has 0 saturated carbocycles. The van der Waals surface area contributed by atoms with Crippen molar-refractivity contribution in [1.82, 2.24) is 0 Å². The molecule has 0 N–H and O–H groups in total. The van der Waals surface area contributed by atoms with Gasteiger partial charge in [-0.1, -0.05) is 60.7 Å². The minimum atomic E-state index is -0.416. The fraction of sp³-hybridized carbons (Fsp3) is 0.278. The van der Waals surface area contributed by atoms with E-state index in [-0.39, 0.29) is 0 Å². The van der Waals surface area contributed by atoms with Gasteiger partial charge in [0.2, 0.25) is 0 Å². The third kappa shape index (κ3) is 5.90. The van der Waals surface area contributed by atoms with Crippen LogP contribution in [0.5, 0.6) is 0 Å². The van der Waals surface area contributed by atoms with Gasteiger partial charge in [0, 0.05) is 13.0 Å². The zero-order valence-corrected chi connectivity index (χ0v) is 12.0. The molecule has 3 heteroatoms. The van der Waals surface area contributed by atoms with E-state index in [4.69, 9.17) is 9.47 Å². The number of hydrogen-bond acceptors (Lipinski definition) is 3. The summed E-state index contributed by atoms with van der Waals surface area (Å²) in [6.45, 7) is 1.52. The Morgan fingerprint density at radius 2 is 1.43 bits per heavy atom. The number of ether oxygens (including phenoxy) is 2. The lowest BCUT2D eigenvalue weighted by molar-refractivity contribution is -0.120. The van der Waals surface area contributed by atoms with Crippen molar-refractivity contribution in [2.45, 2.75) is 25.7 Å². The third-order valence-electron chi connectivity index (χ3n) is 3.12. The fourth-order valence-corrected chi connectivity index (χ4v) is 1.93. The molecule has 0 bridgehead atoms. The van der Waals surface area contributed by atoms with Crippen LogP contribution in [-0.4, -0.2) is 19.0 Å². The second-order valence-electron chi connectivity index (χ2n) is 4.80. The number of carbonyl (C=O) groups is 1. The third-order valence-corrected chi connectivity index (χ3v) is 3.12. The lowest BCUT2D eigenvalue weighted by Gasteiger charge is -2.12. The van der Waals surface area contributed by atoms with Crippen LogP contribution in [0.25, 0.3) is 0 Å². The monoisotopic (exact) mass is 284 g/mol. The number of hydrogen-bond donors (Lipinski definition) is 0. The summed E-state index contributed by atoms with van der Waals surface area (Å²) < 4.78 is 11.1. The molecule has 2 aromatic rings. The number of aldehydes is 1. The fourth-order valence-electron chi connectivity index (χ4n) is 1.93. The standard InChI is InChI=1S/C18H20O3/c19-13-18(21-15-17-9-5-2-6-10-17)11-12-20-14-16-7-3-1-4-8-16/h1-10,13,18H,11-12,14-15H2/t18-/m0/s1. The van der Waals surface area contributed by atoms with Gasteiger partial charge in [0.05, 0.1) is 13.2 Å². The molecule has 0 aliphatic rings. The molecule has 110 valence electrons. The molecule has 0 fully saturated rings. The highest BCUT2D eigenvalue weighted by Gasteiger charge is 2.07. The molecule has 0 aliphatic heterocycles. The largest absolute Gasteiger partial charge is 0.377 e. The Kier molecular flexibility index (Phi) is 6.65. The molecule has 3 nitrogen and oxygen atoms in total.